The molecule has 0 bridgehead atoms. The molecule has 0 saturated heterocycles. The molecule has 0 aliphatic heterocycles. The molecule has 1 aromatic rings. The summed E-state index contributed by atoms with van der Waals surface area (Å²) in [4.78, 5) is 13.0. The van der Waals surface area contributed by atoms with E-state index in [2.05, 4.69) is 24.2 Å². The predicted molar refractivity (Wildman–Crippen MR) is 85.5 cm³/mol. The number of nitrogens with one attached hydrogen (secondary N) is 1. The Morgan fingerprint density at radius 2 is 2.00 bits per heavy atom. The maximum Gasteiger partial charge on any atom is 0.292 e. The van der Waals surface area contributed by atoms with Gasteiger partial charge < -0.3 is 5.32 Å². The molecule has 1 aliphatic rings. The third-order valence-electron chi connectivity index (χ3n) is 4.57. The minimum Gasteiger partial charge on any atom is -0.383 e. The van der Waals surface area contributed by atoms with Crippen LogP contribution in [0.25, 0.3) is 0 Å². The standard InChI is InChI=1S/C16H25N3O2/c1-12-4-7-14(8-5-12)18(3)11-13-6-9-16(19(20)21)15(10-13)17-2/h6,9-10,12,14,17H,4-5,7-8,11H2,1-3H3. The first-order chi connectivity index (χ1) is 10.0. The highest BCUT2D eigenvalue weighted by molar-refractivity contribution is 5.62. The van der Waals surface area contributed by atoms with Crippen LogP contribution in [0.1, 0.15) is 38.2 Å². The lowest BCUT2D eigenvalue weighted by Gasteiger charge is -2.33. The van der Waals surface area contributed by atoms with Gasteiger partial charge in [-0.05, 0) is 50.3 Å². The number of nitro groups is 1. The van der Waals surface area contributed by atoms with Crippen molar-refractivity contribution >= 4 is 11.4 Å². The van der Waals surface area contributed by atoms with Crippen LogP contribution < -0.4 is 5.32 Å². The van der Waals surface area contributed by atoms with Gasteiger partial charge in [0.1, 0.15) is 5.69 Å². The second-order valence-corrected chi connectivity index (χ2v) is 6.19. The van der Waals surface area contributed by atoms with Gasteiger partial charge in [0.15, 0.2) is 0 Å². The van der Waals surface area contributed by atoms with Crippen LogP contribution in [0.5, 0.6) is 0 Å². The largest absolute Gasteiger partial charge is 0.383 e. The Hall–Kier alpha value is -1.62. The SMILES string of the molecule is CNc1cc(CN(C)C2CCC(C)CC2)ccc1[N+](=O)[O-]. The summed E-state index contributed by atoms with van der Waals surface area (Å²) in [5.41, 5.74) is 1.84. The molecule has 1 N–H and O–H groups in total. The fraction of sp³-hybridized carbons (Fsp3) is 0.625. The van der Waals surface area contributed by atoms with Gasteiger partial charge in [0, 0.05) is 25.7 Å². The number of hydrogen-bond donors (Lipinski definition) is 1. The predicted octanol–water partition coefficient (Wildman–Crippen LogP) is 3.65. The maximum absolute atomic E-state index is 10.9. The molecule has 0 heterocycles. The Morgan fingerprint density at radius 1 is 1.33 bits per heavy atom. The molecule has 1 fully saturated rings. The van der Waals surface area contributed by atoms with Gasteiger partial charge in [0.05, 0.1) is 4.92 Å². The summed E-state index contributed by atoms with van der Waals surface area (Å²) in [7, 11) is 3.87. The van der Waals surface area contributed by atoms with E-state index in [4.69, 9.17) is 0 Å². The van der Waals surface area contributed by atoms with E-state index in [-0.39, 0.29) is 10.6 Å². The van der Waals surface area contributed by atoms with E-state index >= 15 is 0 Å². The fourth-order valence-corrected chi connectivity index (χ4v) is 3.14. The number of rotatable bonds is 5. The Kier molecular flexibility index (Phi) is 5.17. The number of anilines is 1. The third-order valence-corrected chi connectivity index (χ3v) is 4.57. The first-order valence-electron chi connectivity index (χ1n) is 7.66. The molecule has 0 atom stereocenters. The van der Waals surface area contributed by atoms with Gasteiger partial charge in [0.2, 0.25) is 0 Å². The van der Waals surface area contributed by atoms with E-state index in [0.29, 0.717) is 11.7 Å². The van der Waals surface area contributed by atoms with Crippen LogP contribution in [0.3, 0.4) is 0 Å². The lowest BCUT2D eigenvalue weighted by molar-refractivity contribution is -0.384. The van der Waals surface area contributed by atoms with E-state index in [1.165, 1.54) is 25.7 Å². The molecule has 21 heavy (non-hydrogen) atoms. The Morgan fingerprint density at radius 3 is 2.57 bits per heavy atom. The molecule has 0 unspecified atom stereocenters. The molecule has 2 rings (SSSR count). The van der Waals surface area contributed by atoms with Crippen molar-refractivity contribution in [1.29, 1.82) is 0 Å². The van der Waals surface area contributed by atoms with Crippen LogP contribution in [-0.2, 0) is 6.54 Å². The average Bonchev–Trinajstić information content (AvgIpc) is 2.47. The van der Waals surface area contributed by atoms with Crippen molar-refractivity contribution in [1.82, 2.24) is 4.90 Å². The molecular weight excluding hydrogens is 266 g/mol. The number of hydrogen-bond acceptors (Lipinski definition) is 4. The van der Waals surface area contributed by atoms with Crippen molar-refractivity contribution in [3.8, 4) is 0 Å². The van der Waals surface area contributed by atoms with E-state index in [1.54, 1.807) is 13.1 Å². The quantitative estimate of drug-likeness (QED) is 0.664. The van der Waals surface area contributed by atoms with Crippen molar-refractivity contribution < 1.29 is 4.92 Å². The number of benzene rings is 1. The third kappa shape index (κ3) is 3.94. The second kappa shape index (κ2) is 6.89. The highest BCUT2D eigenvalue weighted by Gasteiger charge is 2.22. The van der Waals surface area contributed by atoms with Gasteiger partial charge in [-0.3, -0.25) is 15.0 Å². The van der Waals surface area contributed by atoms with Gasteiger partial charge in [-0.1, -0.05) is 13.0 Å². The van der Waals surface area contributed by atoms with Crippen molar-refractivity contribution in [3.63, 3.8) is 0 Å². The normalized spacial score (nSPS) is 22.3. The van der Waals surface area contributed by atoms with Gasteiger partial charge in [-0.15, -0.1) is 0 Å². The minimum absolute atomic E-state index is 0.135. The van der Waals surface area contributed by atoms with Gasteiger partial charge in [-0.2, -0.15) is 0 Å². The zero-order valence-electron chi connectivity index (χ0n) is 13.1. The Bertz CT molecular complexity index is 496. The van der Waals surface area contributed by atoms with Gasteiger partial charge >= 0.3 is 0 Å². The van der Waals surface area contributed by atoms with Crippen LogP contribution in [0.4, 0.5) is 11.4 Å². The second-order valence-electron chi connectivity index (χ2n) is 6.19. The van der Waals surface area contributed by atoms with Gasteiger partial charge in [-0.25, -0.2) is 0 Å². The molecule has 0 radical (unpaired) electrons. The maximum atomic E-state index is 10.9. The molecule has 1 aliphatic carbocycles. The lowest BCUT2D eigenvalue weighted by atomic mass is 9.86. The smallest absolute Gasteiger partial charge is 0.292 e. The van der Waals surface area contributed by atoms with Crippen LogP contribution in [0, 0.1) is 16.0 Å². The topological polar surface area (TPSA) is 58.4 Å². The Labute approximate surface area is 126 Å². The molecule has 1 saturated carbocycles. The van der Waals surface area contributed by atoms with Crippen molar-refractivity contribution in [2.45, 2.75) is 45.2 Å². The molecule has 1 aromatic carbocycles. The minimum atomic E-state index is -0.345. The molecule has 0 amide bonds. The highest BCUT2D eigenvalue weighted by Crippen LogP contribution is 2.29. The van der Waals surface area contributed by atoms with Crippen LogP contribution >= 0.6 is 0 Å². The summed E-state index contributed by atoms with van der Waals surface area (Å²) in [5.74, 6) is 0.852. The van der Waals surface area contributed by atoms with Crippen molar-refractivity contribution in [3.05, 3.63) is 33.9 Å². The molecule has 0 aromatic heterocycles. The first kappa shape index (κ1) is 15.8. The van der Waals surface area contributed by atoms with E-state index in [0.717, 1.165) is 18.0 Å². The Balaban J connectivity index is 2.03. The van der Waals surface area contributed by atoms with E-state index in [9.17, 15) is 10.1 Å². The molecule has 0 spiro atoms. The first-order valence-corrected chi connectivity index (χ1v) is 7.66. The number of nitro benzene ring substituents is 1. The summed E-state index contributed by atoms with van der Waals surface area (Å²) in [5, 5.41) is 13.9. The molecular formula is C16H25N3O2. The summed E-state index contributed by atoms with van der Waals surface area (Å²) in [6, 6.07) is 5.98. The summed E-state index contributed by atoms with van der Waals surface area (Å²) >= 11 is 0. The molecule has 116 valence electrons. The van der Waals surface area contributed by atoms with Crippen molar-refractivity contribution in [2.24, 2.45) is 5.92 Å². The summed E-state index contributed by atoms with van der Waals surface area (Å²) in [6.45, 7) is 3.16. The summed E-state index contributed by atoms with van der Waals surface area (Å²) in [6.07, 6.45) is 5.11. The zero-order valence-corrected chi connectivity index (χ0v) is 13.1. The van der Waals surface area contributed by atoms with Crippen LogP contribution in [-0.4, -0.2) is 30.0 Å². The fourth-order valence-electron chi connectivity index (χ4n) is 3.14. The van der Waals surface area contributed by atoms with E-state index in [1.807, 2.05) is 12.1 Å². The molecule has 5 nitrogen and oxygen atoms in total. The van der Waals surface area contributed by atoms with Crippen molar-refractivity contribution in [2.75, 3.05) is 19.4 Å². The number of nitrogens with zero attached hydrogens (tertiary/aromatic N) is 2. The molecule has 5 heteroatoms. The monoisotopic (exact) mass is 291 g/mol. The average molecular weight is 291 g/mol. The van der Waals surface area contributed by atoms with Gasteiger partial charge in [0.25, 0.3) is 5.69 Å². The zero-order chi connectivity index (χ0) is 15.4. The van der Waals surface area contributed by atoms with Crippen LogP contribution in [0.15, 0.2) is 18.2 Å². The lowest BCUT2D eigenvalue weighted by Crippen LogP contribution is -2.34. The van der Waals surface area contributed by atoms with Crippen LogP contribution in [0.2, 0.25) is 0 Å². The summed E-state index contributed by atoms with van der Waals surface area (Å²) < 4.78 is 0. The highest BCUT2D eigenvalue weighted by atomic mass is 16.6. The van der Waals surface area contributed by atoms with E-state index < -0.39 is 0 Å².